The van der Waals surface area contributed by atoms with Gasteiger partial charge >= 0.3 is 18.3 Å². The molecule has 0 aliphatic rings. The van der Waals surface area contributed by atoms with Crippen LogP contribution >= 0.6 is 23.2 Å². The molecule has 31 heavy (non-hydrogen) atoms. The van der Waals surface area contributed by atoms with Gasteiger partial charge < -0.3 is 18.9 Å². The van der Waals surface area contributed by atoms with Gasteiger partial charge in [-0.3, -0.25) is 4.79 Å². The highest BCUT2D eigenvalue weighted by Crippen LogP contribution is 2.19. The number of nitrogens with zero attached hydrogens (tertiary/aromatic N) is 1. The summed E-state index contributed by atoms with van der Waals surface area (Å²) in [5, 5.41) is 0.721. The topological polar surface area (TPSA) is 101 Å². The molecule has 0 bridgehead atoms. The predicted molar refractivity (Wildman–Crippen MR) is 117 cm³/mol. The molecule has 1 rings (SSSR count). The van der Waals surface area contributed by atoms with Crippen LogP contribution in [-0.4, -0.2) is 40.1 Å². The summed E-state index contributed by atoms with van der Waals surface area (Å²) in [6.07, 6.45) is -0.611. The van der Waals surface area contributed by atoms with Crippen molar-refractivity contribution in [3.63, 3.8) is 0 Å². The molecule has 0 radical (unpaired) electrons. The fourth-order valence-electron chi connectivity index (χ4n) is 1.73. The van der Waals surface area contributed by atoms with Crippen LogP contribution in [0.4, 0.5) is 9.59 Å². The zero-order valence-electron chi connectivity index (χ0n) is 19.4. The Labute approximate surface area is 193 Å². The van der Waals surface area contributed by atoms with Gasteiger partial charge in [-0.1, -0.05) is 23.2 Å². The number of carbonyl (C=O) groups excluding carboxylic acids is 3. The van der Waals surface area contributed by atoms with Crippen LogP contribution in [0.1, 0.15) is 67.9 Å². The first kappa shape index (κ1) is 28.9. The minimum Gasteiger partial charge on any atom is -0.460 e. The first-order valence-corrected chi connectivity index (χ1v) is 10.2. The van der Waals surface area contributed by atoms with Gasteiger partial charge in [0.1, 0.15) is 22.0 Å². The normalized spacial score (nSPS) is 11.6. The molecule has 0 saturated heterocycles. The van der Waals surface area contributed by atoms with E-state index in [1.807, 2.05) is 20.8 Å². The number of ether oxygens (including phenoxy) is 4. The first-order valence-electron chi connectivity index (χ1n) is 9.43. The molecule has 0 amide bonds. The largest absolute Gasteiger partial charge is 0.519 e. The molecule has 1 aromatic rings. The molecule has 0 aliphatic carbocycles. The molecule has 0 atom stereocenters. The molecule has 176 valence electrons. The summed E-state index contributed by atoms with van der Waals surface area (Å²) in [4.78, 5) is 37.4. The second-order valence-electron chi connectivity index (χ2n) is 9.40. The summed E-state index contributed by atoms with van der Waals surface area (Å²) in [6.45, 7) is 15.4. The molecule has 8 nitrogen and oxygen atoms in total. The van der Waals surface area contributed by atoms with Gasteiger partial charge in [-0.05, 0) is 68.4 Å². The lowest BCUT2D eigenvalue weighted by molar-refractivity contribution is -0.153. The minimum atomic E-state index is -1.06. The first-order chi connectivity index (χ1) is 13.8. The van der Waals surface area contributed by atoms with Gasteiger partial charge in [0.05, 0.1) is 11.4 Å². The highest BCUT2D eigenvalue weighted by atomic mass is 35.5. The van der Waals surface area contributed by atoms with Gasteiger partial charge in [-0.2, -0.15) is 0 Å². The van der Waals surface area contributed by atoms with Crippen LogP contribution in [0.5, 0.6) is 0 Å². The third-order valence-corrected chi connectivity index (χ3v) is 3.13. The van der Waals surface area contributed by atoms with Crippen LogP contribution in [0.2, 0.25) is 10.2 Å². The molecular weight excluding hydrogens is 449 g/mol. The van der Waals surface area contributed by atoms with E-state index in [0.29, 0.717) is 10.6 Å². The number of pyridine rings is 1. The van der Waals surface area contributed by atoms with E-state index >= 15 is 0 Å². The van der Waals surface area contributed by atoms with Gasteiger partial charge in [0.2, 0.25) is 0 Å². The molecule has 0 unspecified atom stereocenters. The molecular formula is C21H31Cl2NO7. The lowest BCUT2D eigenvalue weighted by Gasteiger charge is -2.20. The zero-order valence-corrected chi connectivity index (χ0v) is 20.9. The summed E-state index contributed by atoms with van der Waals surface area (Å²) in [5.41, 5.74) is -1.32. The van der Waals surface area contributed by atoms with Gasteiger partial charge in [-0.25, -0.2) is 14.6 Å². The van der Waals surface area contributed by atoms with Gasteiger partial charge in [0, 0.05) is 11.8 Å². The van der Waals surface area contributed by atoms with E-state index in [9.17, 15) is 14.4 Å². The second-order valence-corrected chi connectivity index (χ2v) is 10.2. The van der Waals surface area contributed by atoms with Crippen molar-refractivity contribution < 1.29 is 33.3 Å². The number of hydrogen-bond acceptors (Lipinski definition) is 8. The van der Waals surface area contributed by atoms with E-state index in [2.05, 4.69) is 9.72 Å². The fourth-order valence-corrected chi connectivity index (χ4v) is 2.08. The van der Waals surface area contributed by atoms with E-state index in [0.717, 1.165) is 0 Å². The monoisotopic (exact) mass is 479 g/mol. The number of rotatable bonds is 2. The molecule has 1 aromatic heterocycles. The van der Waals surface area contributed by atoms with Crippen LogP contribution in [-0.2, 0) is 30.2 Å². The van der Waals surface area contributed by atoms with Crippen molar-refractivity contribution in [2.75, 3.05) is 0 Å². The molecule has 10 heteroatoms. The average molecular weight is 480 g/mol. The van der Waals surface area contributed by atoms with Crippen LogP contribution < -0.4 is 0 Å². The van der Waals surface area contributed by atoms with Crippen molar-refractivity contribution in [1.29, 1.82) is 0 Å². The number of carbonyl (C=O) groups is 3. The Hall–Kier alpha value is -2.06. The maximum atomic E-state index is 11.5. The minimum absolute atomic E-state index is 0.0731. The van der Waals surface area contributed by atoms with Gasteiger partial charge in [0.25, 0.3) is 0 Å². The fraction of sp³-hybridized carbons (Fsp3) is 0.619. The number of hydrogen-bond donors (Lipinski definition) is 0. The van der Waals surface area contributed by atoms with Gasteiger partial charge in [-0.15, -0.1) is 0 Å². The number of esters is 1. The lowest BCUT2D eigenvalue weighted by Crippen LogP contribution is -2.29. The smallest absolute Gasteiger partial charge is 0.460 e. The van der Waals surface area contributed by atoms with Crippen LogP contribution in [0.25, 0.3) is 0 Å². The molecule has 0 saturated carbocycles. The summed E-state index contributed by atoms with van der Waals surface area (Å²) in [7, 11) is 0. The van der Waals surface area contributed by atoms with Crippen molar-refractivity contribution in [2.45, 2.75) is 85.5 Å². The van der Waals surface area contributed by atoms with E-state index in [1.165, 1.54) is 6.20 Å². The van der Waals surface area contributed by atoms with E-state index in [1.54, 1.807) is 47.6 Å². The SMILES string of the molecule is CC(C)(C)OC(=O)Cc1cc(Cl)cnc1Cl.CC(C)(C)OC(=O)OC(=O)OC(C)(C)C. The van der Waals surface area contributed by atoms with E-state index in [-0.39, 0.29) is 17.5 Å². The Bertz CT molecular complexity index is 749. The van der Waals surface area contributed by atoms with Crippen molar-refractivity contribution in [3.05, 3.63) is 28.0 Å². The van der Waals surface area contributed by atoms with Gasteiger partial charge in [0.15, 0.2) is 0 Å². The summed E-state index contributed by atoms with van der Waals surface area (Å²) < 4.78 is 19.0. The summed E-state index contributed by atoms with van der Waals surface area (Å²) in [6, 6.07) is 1.61. The third kappa shape index (κ3) is 16.3. The van der Waals surface area contributed by atoms with Crippen molar-refractivity contribution in [2.24, 2.45) is 0 Å². The number of aromatic nitrogens is 1. The highest BCUT2D eigenvalue weighted by molar-refractivity contribution is 6.32. The number of halogens is 2. The summed E-state index contributed by atoms with van der Waals surface area (Å²) >= 11 is 11.6. The van der Waals surface area contributed by atoms with E-state index in [4.69, 9.17) is 37.4 Å². The standard InChI is InChI=1S/C11H13Cl2NO2.C10H18O5/c1-11(2,3)16-9(15)5-7-4-8(12)6-14-10(7)13;1-9(2,3)14-7(11)13-8(12)15-10(4,5)6/h4,6H,5H2,1-3H3;1-6H3. The summed E-state index contributed by atoms with van der Waals surface area (Å²) in [5.74, 6) is -0.349. The highest BCUT2D eigenvalue weighted by Gasteiger charge is 2.24. The second kappa shape index (κ2) is 11.5. The molecule has 0 fully saturated rings. The van der Waals surface area contributed by atoms with Crippen molar-refractivity contribution in [1.82, 2.24) is 4.98 Å². The molecule has 1 heterocycles. The van der Waals surface area contributed by atoms with Crippen molar-refractivity contribution >= 4 is 41.5 Å². The Morgan fingerprint density at radius 1 is 0.806 bits per heavy atom. The zero-order chi connectivity index (χ0) is 24.6. The van der Waals surface area contributed by atoms with Crippen molar-refractivity contribution in [3.8, 4) is 0 Å². The molecule has 0 spiro atoms. The quantitative estimate of drug-likeness (QED) is 0.215. The Morgan fingerprint density at radius 2 is 1.23 bits per heavy atom. The maximum Gasteiger partial charge on any atom is 0.519 e. The predicted octanol–water partition coefficient (Wildman–Crippen LogP) is 6.15. The average Bonchev–Trinajstić information content (AvgIpc) is 2.45. The maximum absolute atomic E-state index is 11.5. The third-order valence-electron chi connectivity index (χ3n) is 2.58. The van der Waals surface area contributed by atoms with E-state index < -0.39 is 29.1 Å². The van der Waals surface area contributed by atoms with Crippen LogP contribution in [0.15, 0.2) is 12.3 Å². The lowest BCUT2D eigenvalue weighted by atomic mass is 10.2. The molecule has 0 aromatic carbocycles. The molecule has 0 aliphatic heterocycles. The van der Waals surface area contributed by atoms with Crippen LogP contribution in [0, 0.1) is 0 Å². The van der Waals surface area contributed by atoms with Crippen LogP contribution in [0.3, 0.4) is 0 Å². The Kier molecular flexibility index (Phi) is 10.8. The Balaban J connectivity index is 0.000000582. The molecule has 0 N–H and O–H groups in total. The Morgan fingerprint density at radius 3 is 1.61 bits per heavy atom.